The van der Waals surface area contributed by atoms with Crippen molar-refractivity contribution in [2.24, 2.45) is 0 Å². The molecular formula is C19H26N2O4Si. The van der Waals surface area contributed by atoms with Gasteiger partial charge in [0.15, 0.2) is 0 Å². The highest BCUT2D eigenvalue weighted by molar-refractivity contribution is 6.74. The van der Waals surface area contributed by atoms with Gasteiger partial charge < -0.3 is 9.33 Å². The van der Waals surface area contributed by atoms with Crippen LogP contribution in [0.3, 0.4) is 0 Å². The molecule has 2 aliphatic heterocycles. The summed E-state index contributed by atoms with van der Waals surface area (Å²) in [4.78, 5) is 38.0. The molecule has 7 heteroatoms. The van der Waals surface area contributed by atoms with Gasteiger partial charge in [-0.25, -0.2) is 0 Å². The van der Waals surface area contributed by atoms with E-state index in [2.05, 4.69) is 39.2 Å². The lowest BCUT2D eigenvalue weighted by Crippen LogP contribution is -2.52. The summed E-state index contributed by atoms with van der Waals surface area (Å²) in [6, 6.07) is 4.91. The van der Waals surface area contributed by atoms with Gasteiger partial charge in [-0.15, -0.1) is 0 Å². The molecule has 0 saturated carbocycles. The Kier molecular flexibility index (Phi) is 4.46. The van der Waals surface area contributed by atoms with Crippen molar-refractivity contribution in [3.05, 3.63) is 29.3 Å². The number of hydrogen-bond donors (Lipinski definition) is 1. The molecule has 0 unspecified atom stereocenters. The van der Waals surface area contributed by atoms with E-state index >= 15 is 0 Å². The van der Waals surface area contributed by atoms with Crippen molar-refractivity contribution < 1.29 is 18.8 Å². The first-order valence-electron chi connectivity index (χ1n) is 8.97. The largest absolute Gasteiger partial charge is 0.543 e. The van der Waals surface area contributed by atoms with Crippen molar-refractivity contribution in [3.8, 4) is 5.75 Å². The third-order valence-corrected chi connectivity index (χ3v) is 10.1. The maximum absolute atomic E-state index is 12.9. The van der Waals surface area contributed by atoms with Crippen LogP contribution in [-0.2, 0) is 16.1 Å². The first-order valence-corrected chi connectivity index (χ1v) is 11.9. The molecule has 0 aromatic heterocycles. The molecule has 0 bridgehead atoms. The van der Waals surface area contributed by atoms with Crippen molar-refractivity contribution in [2.75, 3.05) is 0 Å². The van der Waals surface area contributed by atoms with Crippen LogP contribution in [0.5, 0.6) is 5.75 Å². The number of benzene rings is 1. The molecule has 2 heterocycles. The van der Waals surface area contributed by atoms with Gasteiger partial charge in [0.05, 0.1) is 6.54 Å². The molecule has 3 rings (SSSR count). The van der Waals surface area contributed by atoms with Crippen LogP contribution in [0.25, 0.3) is 0 Å². The van der Waals surface area contributed by atoms with E-state index in [4.69, 9.17) is 4.43 Å². The predicted octanol–water partition coefficient (Wildman–Crippen LogP) is 2.83. The predicted molar refractivity (Wildman–Crippen MR) is 100 cm³/mol. The summed E-state index contributed by atoms with van der Waals surface area (Å²) in [6.45, 7) is 11.2. The minimum absolute atomic E-state index is 0.0433. The normalized spacial score (nSPS) is 20.9. The average molecular weight is 375 g/mol. The molecule has 2 aliphatic rings. The highest BCUT2D eigenvalue weighted by Gasteiger charge is 2.43. The molecule has 1 aromatic carbocycles. The second-order valence-electron chi connectivity index (χ2n) is 8.54. The zero-order chi connectivity index (χ0) is 19.3. The summed E-state index contributed by atoms with van der Waals surface area (Å²) < 4.78 is 6.44. The fourth-order valence-electron chi connectivity index (χ4n) is 3.08. The van der Waals surface area contributed by atoms with Crippen molar-refractivity contribution in [3.63, 3.8) is 0 Å². The van der Waals surface area contributed by atoms with E-state index in [1.54, 1.807) is 11.0 Å². The average Bonchev–Trinajstić information content (AvgIpc) is 2.84. The summed E-state index contributed by atoms with van der Waals surface area (Å²) >= 11 is 0. The van der Waals surface area contributed by atoms with Crippen LogP contribution in [0.4, 0.5) is 0 Å². The van der Waals surface area contributed by atoms with E-state index in [9.17, 15) is 14.4 Å². The molecule has 1 saturated heterocycles. The highest BCUT2D eigenvalue weighted by Crippen LogP contribution is 2.40. The number of piperidine rings is 1. The molecule has 1 fully saturated rings. The molecular weight excluding hydrogens is 348 g/mol. The zero-order valence-corrected chi connectivity index (χ0v) is 17.0. The molecule has 1 N–H and O–H groups in total. The van der Waals surface area contributed by atoms with Crippen LogP contribution >= 0.6 is 0 Å². The van der Waals surface area contributed by atoms with E-state index < -0.39 is 20.3 Å². The summed E-state index contributed by atoms with van der Waals surface area (Å²) in [5, 5.41) is 2.37. The van der Waals surface area contributed by atoms with E-state index in [1.807, 2.05) is 12.1 Å². The lowest BCUT2D eigenvalue weighted by Gasteiger charge is -2.37. The van der Waals surface area contributed by atoms with Gasteiger partial charge in [0.2, 0.25) is 20.1 Å². The number of imide groups is 1. The number of rotatable bonds is 3. The quantitative estimate of drug-likeness (QED) is 0.652. The number of fused-ring (bicyclic) bond motifs is 1. The van der Waals surface area contributed by atoms with Crippen LogP contribution in [0, 0.1) is 0 Å². The van der Waals surface area contributed by atoms with Crippen LogP contribution in [0.15, 0.2) is 18.2 Å². The number of nitrogens with one attached hydrogen (secondary N) is 1. The van der Waals surface area contributed by atoms with Gasteiger partial charge in [0, 0.05) is 17.5 Å². The Labute approximate surface area is 155 Å². The summed E-state index contributed by atoms with van der Waals surface area (Å²) in [6.07, 6.45) is 0.618. The van der Waals surface area contributed by atoms with Crippen molar-refractivity contribution >= 4 is 26.0 Å². The molecule has 140 valence electrons. The molecule has 6 nitrogen and oxygen atoms in total. The Morgan fingerprint density at radius 3 is 2.50 bits per heavy atom. The van der Waals surface area contributed by atoms with E-state index in [0.29, 0.717) is 18.5 Å². The maximum atomic E-state index is 12.9. The third-order valence-electron chi connectivity index (χ3n) is 5.71. The molecule has 0 spiro atoms. The van der Waals surface area contributed by atoms with Gasteiger partial charge in [-0.1, -0.05) is 26.8 Å². The minimum atomic E-state index is -2.05. The fourth-order valence-corrected chi connectivity index (χ4v) is 4.13. The topological polar surface area (TPSA) is 75.7 Å². The number of nitrogens with zero attached hydrogens (tertiary/aromatic N) is 1. The first-order chi connectivity index (χ1) is 12.0. The molecule has 0 radical (unpaired) electrons. The lowest BCUT2D eigenvalue weighted by molar-refractivity contribution is -0.136. The maximum Gasteiger partial charge on any atom is 0.255 e. The smallest absolute Gasteiger partial charge is 0.255 e. The number of amides is 3. The monoisotopic (exact) mass is 374 g/mol. The number of carbonyl (C=O) groups excluding carboxylic acids is 3. The van der Waals surface area contributed by atoms with Gasteiger partial charge in [0.25, 0.3) is 5.91 Å². The van der Waals surface area contributed by atoms with Crippen molar-refractivity contribution in [2.45, 2.75) is 64.3 Å². The molecule has 3 amide bonds. The summed E-state index contributed by atoms with van der Waals surface area (Å²) in [7, 11) is -2.05. The van der Waals surface area contributed by atoms with Gasteiger partial charge >= 0.3 is 0 Å². The molecule has 0 aliphatic carbocycles. The summed E-state index contributed by atoms with van der Waals surface area (Å²) in [5.41, 5.74) is 1.43. The highest BCUT2D eigenvalue weighted by atomic mass is 28.4. The van der Waals surface area contributed by atoms with Crippen molar-refractivity contribution in [1.82, 2.24) is 10.2 Å². The fraction of sp³-hybridized carbons (Fsp3) is 0.526. The third kappa shape index (κ3) is 3.16. The van der Waals surface area contributed by atoms with Crippen LogP contribution in [0.2, 0.25) is 18.1 Å². The Morgan fingerprint density at radius 2 is 1.88 bits per heavy atom. The Balaban J connectivity index is 1.89. The molecule has 1 atom stereocenters. The molecule has 1 aromatic rings. The van der Waals surface area contributed by atoms with E-state index in [1.165, 1.54) is 0 Å². The van der Waals surface area contributed by atoms with Gasteiger partial charge in [0.1, 0.15) is 11.8 Å². The first kappa shape index (κ1) is 18.6. The minimum Gasteiger partial charge on any atom is -0.543 e. The van der Waals surface area contributed by atoms with Crippen LogP contribution in [-0.4, -0.2) is 37.0 Å². The van der Waals surface area contributed by atoms with Crippen LogP contribution < -0.4 is 9.74 Å². The van der Waals surface area contributed by atoms with Crippen LogP contribution in [0.1, 0.15) is 49.5 Å². The lowest BCUT2D eigenvalue weighted by atomic mass is 10.0. The zero-order valence-electron chi connectivity index (χ0n) is 16.0. The Bertz CT molecular complexity index is 782. The second-order valence-corrected chi connectivity index (χ2v) is 13.3. The van der Waals surface area contributed by atoms with Gasteiger partial charge in [-0.3, -0.25) is 19.7 Å². The van der Waals surface area contributed by atoms with E-state index in [-0.39, 0.29) is 23.3 Å². The number of carbonyl (C=O) groups is 3. The van der Waals surface area contributed by atoms with Gasteiger partial charge in [-0.2, -0.15) is 0 Å². The molecule has 26 heavy (non-hydrogen) atoms. The SMILES string of the molecule is CC(C)(C)[Si](C)(C)Oc1cccc2c1CN([C@H]1CCC(=O)NC1=O)C2=O. The van der Waals surface area contributed by atoms with E-state index in [0.717, 1.165) is 11.3 Å². The second kappa shape index (κ2) is 6.23. The Morgan fingerprint density at radius 1 is 1.19 bits per heavy atom. The standard InChI is InChI=1S/C19H26N2O4Si/c1-19(2,3)26(4,5)25-15-8-6-7-12-13(15)11-21(18(12)24)14-9-10-16(22)20-17(14)23/h6-8,14H,9-11H2,1-5H3,(H,20,22,23)/t14-/m0/s1. The Hall–Kier alpha value is -2.15. The van der Waals surface area contributed by atoms with Gasteiger partial charge in [-0.05, 0) is 36.7 Å². The van der Waals surface area contributed by atoms with Crippen molar-refractivity contribution in [1.29, 1.82) is 0 Å². The summed E-state index contributed by atoms with van der Waals surface area (Å²) in [5.74, 6) is -0.112. The number of hydrogen-bond acceptors (Lipinski definition) is 4.